The zero-order valence-electron chi connectivity index (χ0n) is 13.8. The van der Waals surface area contributed by atoms with Crippen LogP contribution in [0, 0.1) is 0 Å². The number of hydrogen-bond donors (Lipinski definition) is 1. The van der Waals surface area contributed by atoms with Gasteiger partial charge in [0, 0.05) is 30.6 Å². The Bertz CT molecular complexity index is 999. The Morgan fingerprint density at radius 3 is 2.50 bits per heavy atom. The Labute approximate surface area is 151 Å². The molecule has 0 unspecified atom stereocenters. The van der Waals surface area contributed by atoms with Gasteiger partial charge in [-0.05, 0) is 42.5 Å². The van der Waals surface area contributed by atoms with Crippen molar-refractivity contribution in [2.75, 3.05) is 17.9 Å². The lowest BCUT2D eigenvalue weighted by atomic mass is 10.3. The second kappa shape index (κ2) is 6.72. The van der Waals surface area contributed by atoms with Gasteiger partial charge in [-0.1, -0.05) is 0 Å². The molecule has 0 amide bonds. The van der Waals surface area contributed by atoms with Crippen LogP contribution in [-0.2, 0) is 10.0 Å². The fourth-order valence-electron chi connectivity index (χ4n) is 2.63. The molecule has 0 saturated heterocycles. The molecule has 0 aliphatic carbocycles. The van der Waals surface area contributed by atoms with Crippen LogP contribution in [0.15, 0.2) is 65.8 Å². The molecule has 0 fully saturated rings. The molecule has 4 rings (SSSR count). The lowest BCUT2D eigenvalue weighted by Crippen LogP contribution is -2.13. The highest BCUT2D eigenvalue weighted by Gasteiger charge is 2.19. The van der Waals surface area contributed by atoms with Crippen LogP contribution in [0.5, 0.6) is 11.5 Å². The van der Waals surface area contributed by atoms with E-state index in [1.54, 1.807) is 41.2 Å². The van der Waals surface area contributed by atoms with E-state index < -0.39 is 10.0 Å². The molecule has 2 aromatic carbocycles. The largest absolute Gasteiger partial charge is 0.490 e. The monoisotopic (exact) mass is 371 g/mol. The SMILES string of the molecule is O=S(=O)(Nc1ccc(-n2cccn2)cc1)c1ccc2c(c1)OCCCO2. The fourth-order valence-corrected chi connectivity index (χ4v) is 3.70. The minimum atomic E-state index is -3.73. The average Bonchev–Trinajstić information content (AvgIpc) is 3.07. The number of nitrogens with zero attached hydrogens (tertiary/aromatic N) is 2. The molecule has 26 heavy (non-hydrogen) atoms. The van der Waals surface area contributed by atoms with E-state index in [0.29, 0.717) is 30.4 Å². The Kier molecular flexibility index (Phi) is 4.26. The van der Waals surface area contributed by atoms with Gasteiger partial charge in [0.1, 0.15) is 0 Å². The van der Waals surface area contributed by atoms with Crippen LogP contribution in [0.25, 0.3) is 5.69 Å². The number of rotatable bonds is 4. The summed E-state index contributed by atoms with van der Waals surface area (Å²) < 4.78 is 40.7. The smallest absolute Gasteiger partial charge is 0.262 e. The summed E-state index contributed by atoms with van der Waals surface area (Å²) in [7, 11) is -3.73. The molecule has 3 aromatic rings. The average molecular weight is 371 g/mol. The number of nitrogens with one attached hydrogen (secondary N) is 1. The summed E-state index contributed by atoms with van der Waals surface area (Å²) in [4.78, 5) is 0.123. The Hall–Kier alpha value is -3.00. The Morgan fingerprint density at radius 1 is 1.00 bits per heavy atom. The number of fused-ring (bicyclic) bond motifs is 1. The third kappa shape index (κ3) is 3.36. The quantitative estimate of drug-likeness (QED) is 0.763. The molecule has 7 nitrogen and oxygen atoms in total. The van der Waals surface area contributed by atoms with E-state index in [1.165, 1.54) is 12.1 Å². The summed E-state index contributed by atoms with van der Waals surface area (Å²) >= 11 is 0. The number of hydrogen-bond acceptors (Lipinski definition) is 5. The number of anilines is 1. The summed E-state index contributed by atoms with van der Waals surface area (Å²) in [6.07, 6.45) is 4.26. The maximum atomic E-state index is 12.7. The molecule has 0 spiro atoms. The molecule has 1 aliphatic heterocycles. The highest BCUT2D eigenvalue weighted by Crippen LogP contribution is 2.32. The van der Waals surface area contributed by atoms with E-state index in [9.17, 15) is 8.42 Å². The maximum Gasteiger partial charge on any atom is 0.262 e. The van der Waals surface area contributed by atoms with E-state index >= 15 is 0 Å². The van der Waals surface area contributed by atoms with Crippen molar-refractivity contribution < 1.29 is 17.9 Å². The van der Waals surface area contributed by atoms with Crippen LogP contribution in [0.1, 0.15) is 6.42 Å². The predicted molar refractivity (Wildman–Crippen MR) is 96.4 cm³/mol. The van der Waals surface area contributed by atoms with Crippen molar-refractivity contribution in [3.8, 4) is 17.2 Å². The van der Waals surface area contributed by atoms with E-state index in [0.717, 1.165) is 12.1 Å². The summed E-state index contributed by atoms with van der Waals surface area (Å²) in [5.41, 5.74) is 1.31. The third-order valence-corrected chi connectivity index (χ3v) is 5.30. The molecule has 0 atom stereocenters. The van der Waals surface area contributed by atoms with Crippen molar-refractivity contribution in [3.63, 3.8) is 0 Å². The molecule has 1 aromatic heterocycles. The van der Waals surface area contributed by atoms with Crippen molar-refractivity contribution in [3.05, 3.63) is 60.9 Å². The van der Waals surface area contributed by atoms with Gasteiger partial charge in [-0.15, -0.1) is 0 Å². The third-order valence-electron chi connectivity index (χ3n) is 3.92. The summed E-state index contributed by atoms with van der Waals surface area (Å²) in [5, 5.41) is 4.14. The van der Waals surface area contributed by atoms with Crippen LogP contribution < -0.4 is 14.2 Å². The Balaban J connectivity index is 1.56. The van der Waals surface area contributed by atoms with Gasteiger partial charge < -0.3 is 9.47 Å². The van der Waals surface area contributed by atoms with Gasteiger partial charge in [0.05, 0.1) is 23.8 Å². The van der Waals surface area contributed by atoms with Gasteiger partial charge in [-0.2, -0.15) is 5.10 Å². The molecule has 134 valence electrons. The van der Waals surface area contributed by atoms with Crippen molar-refractivity contribution in [1.82, 2.24) is 9.78 Å². The van der Waals surface area contributed by atoms with E-state index in [-0.39, 0.29) is 4.90 Å². The summed E-state index contributed by atoms with van der Waals surface area (Å²) in [6, 6.07) is 13.4. The van der Waals surface area contributed by atoms with Crippen LogP contribution in [0.3, 0.4) is 0 Å². The standard InChI is InChI=1S/C18H17N3O4S/c22-26(23,16-7-8-17-18(13-16)25-12-2-11-24-17)20-14-3-5-15(6-4-14)21-10-1-9-19-21/h1,3-10,13,20H,2,11-12H2. The molecule has 0 radical (unpaired) electrons. The highest BCUT2D eigenvalue weighted by atomic mass is 32.2. The second-order valence-electron chi connectivity index (χ2n) is 5.76. The molecule has 1 aliphatic rings. The fraction of sp³-hybridized carbons (Fsp3) is 0.167. The van der Waals surface area contributed by atoms with Gasteiger partial charge in [-0.3, -0.25) is 4.72 Å². The molecule has 0 bridgehead atoms. The van der Waals surface area contributed by atoms with Gasteiger partial charge >= 0.3 is 0 Å². The minimum absolute atomic E-state index is 0.123. The Morgan fingerprint density at radius 2 is 1.77 bits per heavy atom. The van der Waals surface area contributed by atoms with Crippen molar-refractivity contribution >= 4 is 15.7 Å². The summed E-state index contributed by atoms with van der Waals surface area (Å²) in [6.45, 7) is 1.05. The van der Waals surface area contributed by atoms with Crippen LogP contribution in [0.2, 0.25) is 0 Å². The van der Waals surface area contributed by atoms with Crippen LogP contribution in [0.4, 0.5) is 5.69 Å². The zero-order chi connectivity index (χ0) is 18.0. The molecular weight excluding hydrogens is 354 g/mol. The molecule has 8 heteroatoms. The first-order valence-electron chi connectivity index (χ1n) is 8.14. The second-order valence-corrected chi connectivity index (χ2v) is 7.44. The maximum absolute atomic E-state index is 12.7. The lowest BCUT2D eigenvalue weighted by molar-refractivity contribution is 0.297. The molecule has 1 N–H and O–H groups in total. The van der Waals surface area contributed by atoms with Crippen molar-refractivity contribution in [2.24, 2.45) is 0 Å². The van der Waals surface area contributed by atoms with E-state index in [4.69, 9.17) is 9.47 Å². The van der Waals surface area contributed by atoms with Gasteiger partial charge in [-0.25, -0.2) is 13.1 Å². The minimum Gasteiger partial charge on any atom is -0.490 e. The van der Waals surface area contributed by atoms with Crippen LogP contribution >= 0.6 is 0 Å². The molecule has 2 heterocycles. The zero-order valence-corrected chi connectivity index (χ0v) is 14.6. The van der Waals surface area contributed by atoms with Gasteiger partial charge in [0.15, 0.2) is 11.5 Å². The van der Waals surface area contributed by atoms with Crippen molar-refractivity contribution in [2.45, 2.75) is 11.3 Å². The normalized spacial score (nSPS) is 13.8. The molecule has 0 saturated carbocycles. The van der Waals surface area contributed by atoms with E-state index in [2.05, 4.69) is 9.82 Å². The number of aromatic nitrogens is 2. The predicted octanol–water partition coefficient (Wildman–Crippen LogP) is 2.83. The first-order chi connectivity index (χ1) is 12.6. The molecular formula is C18H17N3O4S. The highest BCUT2D eigenvalue weighted by molar-refractivity contribution is 7.92. The lowest BCUT2D eigenvalue weighted by Gasteiger charge is -2.12. The van der Waals surface area contributed by atoms with Gasteiger partial charge in [0.25, 0.3) is 10.0 Å². The van der Waals surface area contributed by atoms with E-state index in [1.807, 2.05) is 12.3 Å². The van der Waals surface area contributed by atoms with Gasteiger partial charge in [0.2, 0.25) is 0 Å². The number of benzene rings is 2. The van der Waals surface area contributed by atoms with Crippen LogP contribution in [-0.4, -0.2) is 31.4 Å². The first kappa shape index (κ1) is 16.5. The van der Waals surface area contributed by atoms with Crippen molar-refractivity contribution in [1.29, 1.82) is 0 Å². The first-order valence-corrected chi connectivity index (χ1v) is 9.63. The summed E-state index contributed by atoms with van der Waals surface area (Å²) in [5.74, 6) is 1.00. The number of sulfonamides is 1. The topological polar surface area (TPSA) is 82.5 Å². The number of ether oxygens (including phenoxy) is 2.